The van der Waals surface area contributed by atoms with Crippen molar-refractivity contribution in [3.63, 3.8) is 0 Å². The largest absolute Gasteiger partial charge is 0.480 e. The lowest BCUT2D eigenvalue weighted by Gasteiger charge is -2.22. The van der Waals surface area contributed by atoms with Crippen LogP contribution >= 0.6 is 0 Å². The third-order valence-electron chi connectivity index (χ3n) is 2.44. The van der Waals surface area contributed by atoms with E-state index in [1.54, 1.807) is 45.0 Å². The number of ether oxygens (including phenoxy) is 1. The first-order valence-electron chi connectivity index (χ1n) is 5.99. The number of benzene rings is 1. The summed E-state index contributed by atoms with van der Waals surface area (Å²) in [6.07, 6.45) is 0. The molecule has 0 radical (unpaired) electrons. The zero-order valence-corrected chi connectivity index (χ0v) is 11.3. The average molecular weight is 265 g/mol. The molecule has 104 valence electrons. The number of rotatable bonds is 4. The Kier molecular flexibility index (Phi) is 4.67. The smallest absolute Gasteiger partial charge is 0.325 e. The van der Waals surface area contributed by atoms with Gasteiger partial charge in [-0.15, -0.1) is 0 Å². The predicted molar refractivity (Wildman–Crippen MR) is 70.6 cm³/mol. The number of hydrogen-bond acceptors (Lipinski definition) is 4. The monoisotopic (exact) mass is 265 g/mol. The van der Waals surface area contributed by atoms with Crippen LogP contribution in [0.5, 0.6) is 0 Å². The fourth-order valence-corrected chi connectivity index (χ4v) is 1.59. The summed E-state index contributed by atoms with van der Waals surface area (Å²) in [5, 5.41) is 9.19. The van der Waals surface area contributed by atoms with Gasteiger partial charge in [-0.1, -0.05) is 24.3 Å². The van der Waals surface area contributed by atoms with Gasteiger partial charge in [0.1, 0.15) is 5.60 Å². The molecule has 0 aromatic heterocycles. The van der Waals surface area contributed by atoms with E-state index in [1.807, 2.05) is 0 Å². The standard InChI is InChI=1S/C14H19NO4/c1-14(2,3)19-13(18)11(12(16)17)10-6-4-9(8-15)5-7-10/h4-7,11H,8,15H2,1-3H3,(H,16,17)/t11-/m0/s1. The van der Waals surface area contributed by atoms with Crippen LogP contribution in [0.25, 0.3) is 0 Å². The van der Waals surface area contributed by atoms with E-state index in [2.05, 4.69) is 0 Å². The van der Waals surface area contributed by atoms with Crippen LogP contribution in [0.3, 0.4) is 0 Å². The molecule has 0 saturated heterocycles. The first-order valence-corrected chi connectivity index (χ1v) is 5.99. The van der Waals surface area contributed by atoms with Crippen molar-refractivity contribution in [2.75, 3.05) is 0 Å². The first-order chi connectivity index (χ1) is 8.74. The van der Waals surface area contributed by atoms with E-state index in [0.717, 1.165) is 5.56 Å². The van der Waals surface area contributed by atoms with Crippen molar-refractivity contribution >= 4 is 11.9 Å². The number of carbonyl (C=O) groups is 2. The second-order valence-corrected chi connectivity index (χ2v) is 5.25. The van der Waals surface area contributed by atoms with E-state index in [0.29, 0.717) is 12.1 Å². The summed E-state index contributed by atoms with van der Waals surface area (Å²) in [5.74, 6) is -3.30. The number of carboxylic acid groups (broad SMARTS) is 1. The summed E-state index contributed by atoms with van der Waals surface area (Å²) in [7, 11) is 0. The highest BCUT2D eigenvalue weighted by atomic mass is 16.6. The summed E-state index contributed by atoms with van der Waals surface area (Å²) in [6.45, 7) is 5.45. The minimum atomic E-state index is -1.31. The molecule has 0 aliphatic carbocycles. The predicted octanol–water partition coefficient (Wildman–Crippen LogP) is 1.66. The maximum absolute atomic E-state index is 11.9. The van der Waals surface area contributed by atoms with Crippen LogP contribution in [0, 0.1) is 0 Å². The minimum Gasteiger partial charge on any atom is -0.480 e. The van der Waals surface area contributed by atoms with Crippen LogP contribution < -0.4 is 5.73 Å². The van der Waals surface area contributed by atoms with Gasteiger partial charge in [-0.05, 0) is 31.9 Å². The average Bonchev–Trinajstić information content (AvgIpc) is 2.27. The number of aliphatic carboxylic acids is 1. The number of hydrogen-bond donors (Lipinski definition) is 2. The maximum Gasteiger partial charge on any atom is 0.325 e. The van der Waals surface area contributed by atoms with E-state index in [-0.39, 0.29) is 0 Å². The van der Waals surface area contributed by atoms with Gasteiger partial charge in [0.2, 0.25) is 0 Å². The summed E-state index contributed by atoms with van der Waals surface area (Å²) >= 11 is 0. The third kappa shape index (κ3) is 4.37. The molecule has 0 bridgehead atoms. The molecule has 19 heavy (non-hydrogen) atoms. The highest BCUT2D eigenvalue weighted by Crippen LogP contribution is 2.21. The second kappa shape index (κ2) is 5.84. The van der Waals surface area contributed by atoms with Gasteiger partial charge < -0.3 is 15.6 Å². The fraction of sp³-hybridized carbons (Fsp3) is 0.429. The molecule has 0 aliphatic heterocycles. The molecular formula is C14H19NO4. The van der Waals surface area contributed by atoms with Crippen LogP contribution in [0.1, 0.15) is 37.8 Å². The van der Waals surface area contributed by atoms with Gasteiger partial charge in [0, 0.05) is 6.54 Å². The van der Waals surface area contributed by atoms with Crippen molar-refractivity contribution in [2.45, 2.75) is 38.8 Å². The molecule has 3 N–H and O–H groups in total. The Balaban J connectivity index is 3.00. The second-order valence-electron chi connectivity index (χ2n) is 5.25. The number of nitrogens with two attached hydrogens (primary N) is 1. The topological polar surface area (TPSA) is 89.6 Å². The lowest BCUT2D eigenvalue weighted by Crippen LogP contribution is -2.31. The molecule has 0 aliphatic rings. The van der Waals surface area contributed by atoms with Crippen LogP contribution in [-0.2, 0) is 20.9 Å². The SMILES string of the molecule is CC(C)(C)OC(=O)[C@H](C(=O)O)c1ccc(CN)cc1. The Hall–Kier alpha value is -1.88. The number of carboxylic acids is 1. The Bertz CT molecular complexity index is 459. The molecule has 5 nitrogen and oxygen atoms in total. The number of esters is 1. The molecule has 0 unspecified atom stereocenters. The van der Waals surface area contributed by atoms with Crippen LogP contribution in [-0.4, -0.2) is 22.6 Å². The molecule has 0 saturated carbocycles. The summed E-state index contributed by atoms with van der Waals surface area (Å²) in [6, 6.07) is 6.58. The third-order valence-corrected chi connectivity index (χ3v) is 2.44. The van der Waals surface area contributed by atoms with Gasteiger partial charge >= 0.3 is 11.9 Å². The Morgan fingerprint density at radius 1 is 1.26 bits per heavy atom. The zero-order chi connectivity index (χ0) is 14.6. The Morgan fingerprint density at radius 2 is 1.79 bits per heavy atom. The number of carbonyl (C=O) groups excluding carboxylic acids is 1. The molecule has 0 spiro atoms. The highest BCUT2D eigenvalue weighted by molar-refractivity contribution is 6.00. The van der Waals surface area contributed by atoms with Crippen LogP contribution in [0.2, 0.25) is 0 Å². The summed E-state index contributed by atoms with van der Waals surface area (Å²) in [4.78, 5) is 23.2. The molecule has 1 atom stereocenters. The van der Waals surface area contributed by atoms with Crippen molar-refractivity contribution in [1.82, 2.24) is 0 Å². The van der Waals surface area contributed by atoms with Crippen molar-refractivity contribution in [3.8, 4) is 0 Å². The quantitative estimate of drug-likeness (QED) is 0.638. The maximum atomic E-state index is 11.9. The first kappa shape index (κ1) is 15.2. The van der Waals surface area contributed by atoms with E-state index < -0.39 is 23.5 Å². The molecule has 5 heteroatoms. The molecule has 0 heterocycles. The Morgan fingerprint density at radius 3 is 2.16 bits per heavy atom. The highest BCUT2D eigenvalue weighted by Gasteiger charge is 2.32. The minimum absolute atomic E-state index is 0.366. The fourth-order valence-electron chi connectivity index (χ4n) is 1.59. The van der Waals surface area contributed by atoms with Gasteiger partial charge in [0.05, 0.1) is 0 Å². The normalized spacial score (nSPS) is 12.8. The molecule has 0 amide bonds. The van der Waals surface area contributed by atoms with Gasteiger partial charge in [0.15, 0.2) is 5.92 Å². The van der Waals surface area contributed by atoms with Crippen molar-refractivity contribution in [3.05, 3.63) is 35.4 Å². The van der Waals surface area contributed by atoms with E-state index in [4.69, 9.17) is 10.5 Å². The molecule has 1 aromatic rings. The lowest BCUT2D eigenvalue weighted by molar-refractivity contribution is -0.162. The van der Waals surface area contributed by atoms with Crippen LogP contribution in [0.4, 0.5) is 0 Å². The summed E-state index contributed by atoms with van der Waals surface area (Å²) < 4.78 is 5.13. The van der Waals surface area contributed by atoms with Crippen molar-refractivity contribution in [2.24, 2.45) is 5.73 Å². The molecule has 1 rings (SSSR count). The zero-order valence-electron chi connectivity index (χ0n) is 11.3. The van der Waals surface area contributed by atoms with E-state index in [1.165, 1.54) is 0 Å². The van der Waals surface area contributed by atoms with Gasteiger partial charge in [-0.2, -0.15) is 0 Å². The Labute approximate surface area is 112 Å². The van der Waals surface area contributed by atoms with Crippen LogP contribution in [0.15, 0.2) is 24.3 Å². The van der Waals surface area contributed by atoms with Crippen molar-refractivity contribution in [1.29, 1.82) is 0 Å². The molecule has 0 fully saturated rings. The van der Waals surface area contributed by atoms with E-state index in [9.17, 15) is 14.7 Å². The van der Waals surface area contributed by atoms with E-state index >= 15 is 0 Å². The molecular weight excluding hydrogens is 246 g/mol. The van der Waals surface area contributed by atoms with Gasteiger partial charge in [0.25, 0.3) is 0 Å². The van der Waals surface area contributed by atoms with Gasteiger partial charge in [-0.3, -0.25) is 9.59 Å². The summed E-state index contributed by atoms with van der Waals surface area (Å²) in [5.41, 5.74) is 6.01. The molecule has 1 aromatic carbocycles. The van der Waals surface area contributed by atoms with Crippen molar-refractivity contribution < 1.29 is 19.4 Å². The van der Waals surface area contributed by atoms with Gasteiger partial charge in [-0.25, -0.2) is 0 Å². The lowest BCUT2D eigenvalue weighted by atomic mass is 9.98.